The van der Waals surface area contributed by atoms with Crippen LogP contribution in [0.2, 0.25) is 0 Å². The van der Waals surface area contributed by atoms with Gasteiger partial charge in [0.15, 0.2) is 11.6 Å². The van der Waals surface area contributed by atoms with Crippen molar-refractivity contribution >= 4 is 11.9 Å². The molecule has 0 saturated carbocycles. The molecule has 1 aromatic carbocycles. The van der Waals surface area contributed by atoms with E-state index in [1.54, 1.807) is 0 Å². The van der Waals surface area contributed by atoms with Crippen molar-refractivity contribution in [3.05, 3.63) is 35.4 Å². The zero-order chi connectivity index (χ0) is 15.8. The molecule has 0 aliphatic carbocycles. The van der Waals surface area contributed by atoms with Crippen LogP contribution in [0.3, 0.4) is 0 Å². The van der Waals surface area contributed by atoms with Crippen molar-refractivity contribution in [3.8, 4) is 0 Å². The average molecular weight is 299 g/mol. The van der Waals surface area contributed by atoms with Crippen LogP contribution in [0.15, 0.2) is 18.2 Å². The number of aryl methyl sites for hydroxylation is 1. The highest BCUT2D eigenvalue weighted by molar-refractivity contribution is 5.77. The zero-order valence-electron chi connectivity index (χ0n) is 11.9. The first kappa shape index (κ1) is 17.1. The molecular weight excluding hydrogens is 280 g/mol. The van der Waals surface area contributed by atoms with E-state index in [2.05, 4.69) is 5.32 Å². The topological polar surface area (TPSA) is 66.4 Å². The molecule has 6 heteroatoms. The lowest BCUT2D eigenvalue weighted by Crippen LogP contribution is -2.33. The molecule has 1 aromatic rings. The number of carbonyl (C=O) groups excluding carboxylic acids is 1. The van der Waals surface area contributed by atoms with Gasteiger partial charge in [-0.3, -0.25) is 9.59 Å². The van der Waals surface area contributed by atoms with Crippen LogP contribution < -0.4 is 5.32 Å². The van der Waals surface area contributed by atoms with E-state index in [0.717, 1.165) is 6.07 Å². The number of hydrogen-bond acceptors (Lipinski definition) is 2. The van der Waals surface area contributed by atoms with Crippen molar-refractivity contribution < 1.29 is 23.5 Å². The second kappa shape index (κ2) is 8.34. The van der Waals surface area contributed by atoms with Crippen LogP contribution >= 0.6 is 0 Å². The van der Waals surface area contributed by atoms with Gasteiger partial charge in [0.2, 0.25) is 5.91 Å². The molecular formula is C15H19F2NO3. The summed E-state index contributed by atoms with van der Waals surface area (Å²) < 4.78 is 26.4. The summed E-state index contributed by atoms with van der Waals surface area (Å²) in [4.78, 5) is 22.5. The lowest BCUT2D eigenvalue weighted by molar-refractivity contribution is -0.141. The Kier molecular flexibility index (Phi) is 6.78. The van der Waals surface area contributed by atoms with Gasteiger partial charge in [0, 0.05) is 13.0 Å². The second-order valence-electron chi connectivity index (χ2n) is 4.84. The monoisotopic (exact) mass is 299 g/mol. The minimum atomic E-state index is -0.951. The Hall–Kier alpha value is -1.98. The average Bonchev–Trinajstić information content (AvgIpc) is 2.44. The third-order valence-electron chi connectivity index (χ3n) is 3.18. The van der Waals surface area contributed by atoms with E-state index in [0.29, 0.717) is 12.8 Å². The summed E-state index contributed by atoms with van der Waals surface area (Å²) in [5.74, 6) is -3.83. The van der Waals surface area contributed by atoms with Crippen LogP contribution in [-0.2, 0) is 16.0 Å². The van der Waals surface area contributed by atoms with Gasteiger partial charge in [0.05, 0.1) is 5.92 Å². The van der Waals surface area contributed by atoms with E-state index in [1.165, 1.54) is 12.1 Å². The Morgan fingerprint density at radius 2 is 2.05 bits per heavy atom. The molecule has 0 spiro atoms. The van der Waals surface area contributed by atoms with Crippen molar-refractivity contribution in [2.45, 2.75) is 32.6 Å². The van der Waals surface area contributed by atoms with Gasteiger partial charge in [0.1, 0.15) is 0 Å². The standard InChI is InChI=1S/C15H19F2NO3/c1-2-4-11(15(20)21)9-18-13(19)8-7-10-5-3-6-12(16)14(10)17/h3,5-6,11H,2,4,7-9H2,1H3,(H,18,19)(H,20,21). The summed E-state index contributed by atoms with van der Waals surface area (Å²) in [5.41, 5.74) is 0.133. The fraction of sp³-hybridized carbons (Fsp3) is 0.467. The molecule has 2 N–H and O–H groups in total. The zero-order valence-corrected chi connectivity index (χ0v) is 11.9. The van der Waals surface area contributed by atoms with Crippen LogP contribution in [0.5, 0.6) is 0 Å². The molecule has 0 fully saturated rings. The highest BCUT2D eigenvalue weighted by Crippen LogP contribution is 2.13. The first-order valence-electron chi connectivity index (χ1n) is 6.88. The number of aliphatic carboxylic acids is 1. The molecule has 0 aromatic heterocycles. The summed E-state index contributed by atoms with van der Waals surface area (Å²) >= 11 is 0. The number of carboxylic acid groups (broad SMARTS) is 1. The van der Waals surface area contributed by atoms with Crippen LogP contribution in [0.1, 0.15) is 31.7 Å². The lowest BCUT2D eigenvalue weighted by atomic mass is 10.0. The molecule has 4 nitrogen and oxygen atoms in total. The third kappa shape index (κ3) is 5.49. The Morgan fingerprint density at radius 1 is 1.33 bits per heavy atom. The summed E-state index contributed by atoms with van der Waals surface area (Å²) in [5, 5.41) is 11.5. The number of hydrogen-bond donors (Lipinski definition) is 2. The third-order valence-corrected chi connectivity index (χ3v) is 3.18. The van der Waals surface area contributed by atoms with Crippen molar-refractivity contribution in [3.63, 3.8) is 0 Å². The van der Waals surface area contributed by atoms with Crippen LogP contribution in [-0.4, -0.2) is 23.5 Å². The Bertz CT molecular complexity index is 506. The predicted molar refractivity (Wildman–Crippen MR) is 73.7 cm³/mol. The summed E-state index contributed by atoms with van der Waals surface area (Å²) in [6, 6.07) is 3.82. The highest BCUT2D eigenvalue weighted by Gasteiger charge is 2.17. The molecule has 0 aliphatic rings. The van der Waals surface area contributed by atoms with Crippen molar-refractivity contribution in [2.24, 2.45) is 5.92 Å². The minimum Gasteiger partial charge on any atom is -0.481 e. The maximum Gasteiger partial charge on any atom is 0.308 e. The van der Waals surface area contributed by atoms with Crippen molar-refractivity contribution in [2.75, 3.05) is 6.54 Å². The fourth-order valence-corrected chi connectivity index (χ4v) is 1.98. The van der Waals surface area contributed by atoms with E-state index in [-0.39, 0.29) is 30.9 Å². The van der Waals surface area contributed by atoms with E-state index >= 15 is 0 Å². The van der Waals surface area contributed by atoms with Gasteiger partial charge >= 0.3 is 5.97 Å². The molecule has 1 atom stereocenters. The highest BCUT2D eigenvalue weighted by atomic mass is 19.2. The molecule has 1 rings (SSSR count). The maximum atomic E-state index is 13.4. The van der Waals surface area contributed by atoms with Crippen molar-refractivity contribution in [1.29, 1.82) is 0 Å². The molecule has 1 amide bonds. The predicted octanol–water partition coefficient (Wildman–Crippen LogP) is 2.51. The van der Waals surface area contributed by atoms with Gasteiger partial charge in [-0.1, -0.05) is 25.5 Å². The number of amides is 1. The van der Waals surface area contributed by atoms with E-state index in [9.17, 15) is 18.4 Å². The first-order valence-corrected chi connectivity index (χ1v) is 6.88. The van der Waals surface area contributed by atoms with Crippen LogP contribution in [0.25, 0.3) is 0 Å². The van der Waals surface area contributed by atoms with Gasteiger partial charge < -0.3 is 10.4 Å². The van der Waals surface area contributed by atoms with Crippen molar-refractivity contribution in [1.82, 2.24) is 5.32 Å². The Balaban J connectivity index is 2.44. The Labute approximate surface area is 122 Å². The quantitative estimate of drug-likeness (QED) is 0.775. The van der Waals surface area contributed by atoms with Gasteiger partial charge in [-0.25, -0.2) is 8.78 Å². The number of carboxylic acids is 1. The number of benzene rings is 1. The fourth-order valence-electron chi connectivity index (χ4n) is 1.98. The smallest absolute Gasteiger partial charge is 0.308 e. The molecule has 1 unspecified atom stereocenters. The Morgan fingerprint density at radius 3 is 2.67 bits per heavy atom. The second-order valence-corrected chi connectivity index (χ2v) is 4.84. The van der Waals surface area contributed by atoms with Crippen LogP contribution in [0.4, 0.5) is 8.78 Å². The van der Waals surface area contributed by atoms with E-state index in [4.69, 9.17) is 5.11 Å². The molecule has 0 radical (unpaired) electrons. The van der Waals surface area contributed by atoms with Gasteiger partial charge in [-0.15, -0.1) is 0 Å². The molecule has 0 saturated heterocycles. The largest absolute Gasteiger partial charge is 0.481 e. The summed E-state index contributed by atoms with van der Waals surface area (Å²) in [7, 11) is 0. The van der Waals surface area contributed by atoms with Gasteiger partial charge in [0.25, 0.3) is 0 Å². The van der Waals surface area contributed by atoms with Gasteiger partial charge in [-0.05, 0) is 24.5 Å². The number of halogens is 2. The van der Waals surface area contributed by atoms with Gasteiger partial charge in [-0.2, -0.15) is 0 Å². The molecule has 0 bridgehead atoms. The number of nitrogens with one attached hydrogen (secondary N) is 1. The molecule has 21 heavy (non-hydrogen) atoms. The van der Waals surface area contributed by atoms with E-state index < -0.39 is 23.5 Å². The molecule has 116 valence electrons. The number of carbonyl (C=O) groups is 2. The maximum absolute atomic E-state index is 13.4. The normalized spacial score (nSPS) is 12.0. The SMILES string of the molecule is CCCC(CNC(=O)CCc1cccc(F)c1F)C(=O)O. The van der Waals surface area contributed by atoms with E-state index in [1.807, 2.05) is 6.92 Å². The van der Waals surface area contributed by atoms with Crippen LogP contribution in [0, 0.1) is 17.6 Å². The summed E-state index contributed by atoms with van der Waals surface area (Å²) in [6.45, 7) is 1.91. The molecule has 0 heterocycles. The minimum absolute atomic E-state index is 0.0150. The molecule has 0 aliphatic heterocycles. The first-order chi connectivity index (χ1) is 9.95. The summed E-state index contributed by atoms with van der Waals surface area (Å²) in [6.07, 6.45) is 1.25. The lowest BCUT2D eigenvalue weighted by Gasteiger charge is -2.12. The number of rotatable bonds is 8.